The fraction of sp³-hybridized carbons (Fsp3) is 0.579. The van der Waals surface area contributed by atoms with E-state index >= 15 is 0 Å². The first-order valence-electron chi connectivity index (χ1n) is 9.21. The van der Waals surface area contributed by atoms with Gasteiger partial charge < -0.3 is 10.1 Å². The van der Waals surface area contributed by atoms with Gasteiger partial charge in [-0.05, 0) is 49.9 Å². The maximum atomic E-state index is 13.2. The van der Waals surface area contributed by atoms with Gasteiger partial charge >= 0.3 is 5.97 Å². The van der Waals surface area contributed by atoms with E-state index in [1.54, 1.807) is 0 Å². The van der Waals surface area contributed by atoms with Gasteiger partial charge in [-0.25, -0.2) is 8.42 Å². The fourth-order valence-electron chi connectivity index (χ4n) is 3.33. The van der Waals surface area contributed by atoms with E-state index in [-0.39, 0.29) is 19.0 Å². The van der Waals surface area contributed by atoms with Crippen LogP contribution in [0.2, 0.25) is 0 Å². The van der Waals surface area contributed by atoms with E-state index in [9.17, 15) is 18.0 Å². The number of benzene rings is 1. The third-order valence-electron chi connectivity index (χ3n) is 5.25. The Bertz CT molecular complexity index is 833. The maximum absolute atomic E-state index is 13.2. The third-order valence-corrected chi connectivity index (χ3v) is 7.42. The zero-order valence-electron chi connectivity index (χ0n) is 17.2. The van der Waals surface area contributed by atoms with Gasteiger partial charge in [0.25, 0.3) is 0 Å². The molecule has 1 aliphatic rings. The number of nitrogens with one attached hydrogen (secondary N) is 1. The molecule has 9 heteroatoms. The van der Waals surface area contributed by atoms with Crippen molar-refractivity contribution < 1.29 is 22.7 Å². The molecule has 2 rings (SSSR count). The molecule has 1 N–H and O–H groups in total. The van der Waals surface area contributed by atoms with Gasteiger partial charge in [-0.2, -0.15) is 4.31 Å². The molecule has 0 unspecified atom stereocenters. The Balaban J connectivity index is 2.03. The van der Waals surface area contributed by atoms with Crippen LogP contribution in [0.25, 0.3) is 0 Å². The van der Waals surface area contributed by atoms with Crippen molar-refractivity contribution in [2.75, 3.05) is 46.4 Å². The van der Waals surface area contributed by atoms with Gasteiger partial charge in [-0.15, -0.1) is 0 Å². The van der Waals surface area contributed by atoms with Crippen LogP contribution in [0, 0.1) is 27.7 Å². The standard InChI is InChI=1S/C19H29N3O5S/c1-13-10-14(2)16(4)19(15(13)3)28(25,26)22-8-6-21(7-9-22)12-17(23)20-11-18(24)27-5/h10H,6-9,11-12H2,1-5H3,(H,20,23). The maximum Gasteiger partial charge on any atom is 0.325 e. The molecule has 0 spiro atoms. The second-order valence-corrected chi connectivity index (χ2v) is 9.00. The molecule has 0 saturated carbocycles. The largest absolute Gasteiger partial charge is 0.468 e. The first-order chi connectivity index (χ1) is 13.1. The summed E-state index contributed by atoms with van der Waals surface area (Å²) < 4.78 is 32.5. The average Bonchev–Trinajstić information content (AvgIpc) is 2.65. The number of hydrogen-bond donors (Lipinski definition) is 1. The summed E-state index contributed by atoms with van der Waals surface area (Å²) in [6, 6.07) is 2.01. The van der Waals surface area contributed by atoms with Crippen molar-refractivity contribution in [3.8, 4) is 0 Å². The molecule has 8 nitrogen and oxygen atoms in total. The zero-order chi connectivity index (χ0) is 21.1. The van der Waals surface area contributed by atoms with Crippen LogP contribution in [0.15, 0.2) is 11.0 Å². The van der Waals surface area contributed by atoms with Crippen LogP contribution < -0.4 is 5.32 Å². The van der Waals surface area contributed by atoms with E-state index in [0.29, 0.717) is 31.1 Å². The van der Waals surface area contributed by atoms with Crippen LogP contribution in [-0.4, -0.2) is 75.9 Å². The molecular weight excluding hydrogens is 382 g/mol. The van der Waals surface area contributed by atoms with Crippen molar-refractivity contribution in [2.45, 2.75) is 32.6 Å². The second-order valence-electron chi connectivity index (χ2n) is 7.12. The molecule has 1 aliphatic heterocycles. The number of methoxy groups -OCH3 is 1. The highest BCUT2D eigenvalue weighted by Crippen LogP contribution is 2.29. The molecule has 0 radical (unpaired) electrons. The van der Waals surface area contributed by atoms with Crippen LogP contribution in [0.3, 0.4) is 0 Å². The van der Waals surface area contributed by atoms with Crippen molar-refractivity contribution in [1.29, 1.82) is 0 Å². The van der Waals surface area contributed by atoms with Crippen LogP contribution >= 0.6 is 0 Å². The topological polar surface area (TPSA) is 96.0 Å². The molecule has 1 fully saturated rings. The highest BCUT2D eigenvalue weighted by atomic mass is 32.2. The Hall–Kier alpha value is -1.97. The van der Waals surface area contributed by atoms with Crippen molar-refractivity contribution in [3.63, 3.8) is 0 Å². The van der Waals surface area contributed by atoms with Crippen LogP contribution in [0.5, 0.6) is 0 Å². The third kappa shape index (κ3) is 4.89. The Morgan fingerprint density at radius 2 is 1.57 bits per heavy atom. The van der Waals surface area contributed by atoms with Gasteiger partial charge in [0.1, 0.15) is 6.54 Å². The summed E-state index contributed by atoms with van der Waals surface area (Å²) in [6.45, 7) is 9.02. The smallest absolute Gasteiger partial charge is 0.325 e. The number of aryl methyl sites for hydroxylation is 2. The fourth-order valence-corrected chi connectivity index (χ4v) is 5.32. The summed E-state index contributed by atoms with van der Waals surface area (Å²) in [5.74, 6) is -0.800. The number of rotatable bonds is 6. The minimum atomic E-state index is -3.60. The van der Waals surface area contributed by atoms with Crippen molar-refractivity contribution in [2.24, 2.45) is 0 Å². The quantitative estimate of drug-likeness (QED) is 0.686. The van der Waals surface area contributed by atoms with Crippen molar-refractivity contribution in [3.05, 3.63) is 28.3 Å². The summed E-state index contributed by atoms with van der Waals surface area (Å²) in [7, 11) is -2.34. The molecule has 0 atom stereocenters. The molecule has 1 saturated heterocycles. The van der Waals surface area contributed by atoms with Crippen LogP contribution in [-0.2, 0) is 24.3 Å². The second kappa shape index (κ2) is 9.02. The van der Waals surface area contributed by atoms with Gasteiger partial charge in [0, 0.05) is 26.2 Å². The zero-order valence-corrected chi connectivity index (χ0v) is 18.0. The SMILES string of the molecule is COC(=O)CNC(=O)CN1CCN(S(=O)(=O)c2c(C)c(C)cc(C)c2C)CC1. The van der Waals surface area contributed by atoms with E-state index in [4.69, 9.17) is 0 Å². The van der Waals surface area contributed by atoms with E-state index < -0.39 is 16.0 Å². The average molecular weight is 412 g/mol. The molecule has 0 aliphatic carbocycles. The molecule has 0 aromatic heterocycles. The highest BCUT2D eigenvalue weighted by Gasteiger charge is 2.32. The summed E-state index contributed by atoms with van der Waals surface area (Å²) in [5, 5.41) is 2.49. The lowest BCUT2D eigenvalue weighted by molar-refractivity contribution is -0.141. The predicted octanol–water partition coefficient (Wildman–Crippen LogP) is 0.516. The molecule has 156 valence electrons. The predicted molar refractivity (Wildman–Crippen MR) is 106 cm³/mol. The van der Waals surface area contributed by atoms with Crippen molar-refractivity contribution in [1.82, 2.24) is 14.5 Å². The van der Waals surface area contributed by atoms with Crippen LogP contribution in [0.1, 0.15) is 22.3 Å². The van der Waals surface area contributed by atoms with E-state index in [2.05, 4.69) is 10.1 Å². The first-order valence-corrected chi connectivity index (χ1v) is 10.6. The van der Waals surface area contributed by atoms with Crippen LogP contribution in [0.4, 0.5) is 0 Å². The number of carbonyl (C=O) groups is 2. The van der Waals surface area contributed by atoms with Gasteiger partial charge in [0.05, 0.1) is 18.6 Å². The number of sulfonamides is 1. The van der Waals surface area contributed by atoms with E-state index in [1.165, 1.54) is 11.4 Å². The Morgan fingerprint density at radius 1 is 1.04 bits per heavy atom. The molecule has 0 bridgehead atoms. The minimum Gasteiger partial charge on any atom is -0.468 e. The number of carbonyl (C=O) groups excluding carboxylic acids is 2. The minimum absolute atomic E-state index is 0.118. The molecule has 1 amide bonds. The summed E-state index contributed by atoms with van der Waals surface area (Å²) in [4.78, 5) is 25.3. The lowest BCUT2D eigenvalue weighted by Gasteiger charge is -2.34. The normalized spacial score (nSPS) is 16.0. The number of esters is 1. The Labute approximate surface area is 166 Å². The lowest BCUT2D eigenvalue weighted by Crippen LogP contribution is -2.51. The molecular formula is C19H29N3O5S. The highest BCUT2D eigenvalue weighted by molar-refractivity contribution is 7.89. The van der Waals surface area contributed by atoms with Crippen molar-refractivity contribution >= 4 is 21.9 Å². The summed E-state index contributed by atoms with van der Waals surface area (Å²) in [6.07, 6.45) is 0. The monoisotopic (exact) mass is 411 g/mol. The first kappa shape index (κ1) is 22.3. The number of piperazine rings is 1. The summed E-state index contributed by atoms with van der Waals surface area (Å²) >= 11 is 0. The Kier molecular flexibility index (Phi) is 7.19. The van der Waals surface area contributed by atoms with Gasteiger partial charge in [-0.1, -0.05) is 6.07 Å². The molecule has 1 aromatic carbocycles. The van der Waals surface area contributed by atoms with Gasteiger partial charge in [-0.3, -0.25) is 14.5 Å². The molecule has 1 aromatic rings. The number of ether oxygens (including phenoxy) is 1. The number of nitrogens with zero attached hydrogens (tertiary/aromatic N) is 2. The number of amides is 1. The lowest BCUT2D eigenvalue weighted by atomic mass is 10.0. The molecule has 1 heterocycles. The van der Waals surface area contributed by atoms with Gasteiger partial charge in [0.2, 0.25) is 15.9 Å². The Morgan fingerprint density at radius 3 is 2.07 bits per heavy atom. The number of hydrogen-bond acceptors (Lipinski definition) is 6. The molecule has 28 heavy (non-hydrogen) atoms. The van der Waals surface area contributed by atoms with Gasteiger partial charge in [0.15, 0.2) is 0 Å². The van der Waals surface area contributed by atoms with E-state index in [1.807, 2.05) is 38.7 Å². The van der Waals surface area contributed by atoms with E-state index in [0.717, 1.165) is 22.3 Å². The summed E-state index contributed by atoms with van der Waals surface area (Å²) in [5.41, 5.74) is 3.49.